The fourth-order valence-corrected chi connectivity index (χ4v) is 1.29. The maximum absolute atomic E-state index is 8.97. The van der Waals surface area contributed by atoms with E-state index >= 15 is 0 Å². The number of aliphatic hydroxyl groups is 1. The van der Waals surface area contributed by atoms with Gasteiger partial charge in [-0.15, -0.1) is 0 Å². The molecule has 1 N–H and O–H groups in total. The molecular formula is C12H18O4. The Morgan fingerprint density at radius 1 is 1.25 bits per heavy atom. The smallest absolute Gasteiger partial charge is 0.119 e. The Morgan fingerprint density at radius 2 is 2.06 bits per heavy atom. The fraction of sp³-hybridized carbons (Fsp3) is 0.500. The Morgan fingerprint density at radius 3 is 2.69 bits per heavy atom. The number of hydrogen-bond acceptors (Lipinski definition) is 4. The quantitative estimate of drug-likeness (QED) is 0.759. The average Bonchev–Trinajstić information content (AvgIpc) is 2.34. The molecule has 4 nitrogen and oxygen atoms in total. The van der Waals surface area contributed by atoms with Crippen LogP contribution in [0.3, 0.4) is 0 Å². The zero-order valence-electron chi connectivity index (χ0n) is 9.68. The molecule has 0 radical (unpaired) electrons. The molecule has 0 aliphatic carbocycles. The van der Waals surface area contributed by atoms with Crippen molar-refractivity contribution in [3.8, 4) is 5.75 Å². The van der Waals surface area contributed by atoms with E-state index in [2.05, 4.69) is 0 Å². The second kappa shape index (κ2) is 7.22. The summed E-state index contributed by atoms with van der Waals surface area (Å²) in [5.41, 5.74) is 0.832. The van der Waals surface area contributed by atoms with E-state index in [0.29, 0.717) is 13.2 Å². The maximum Gasteiger partial charge on any atom is 0.119 e. The second-order valence-corrected chi connectivity index (χ2v) is 3.43. The average molecular weight is 226 g/mol. The van der Waals surface area contributed by atoms with Gasteiger partial charge in [0, 0.05) is 14.2 Å². The molecule has 0 spiro atoms. The van der Waals surface area contributed by atoms with Crippen LogP contribution in [0.5, 0.6) is 5.75 Å². The third kappa shape index (κ3) is 4.18. The van der Waals surface area contributed by atoms with E-state index in [1.165, 1.54) is 0 Å². The summed E-state index contributed by atoms with van der Waals surface area (Å²) in [4.78, 5) is 0. The van der Waals surface area contributed by atoms with E-state index in [4.69, 9.17) is 19.3 Å². The van der Waals surface area contributed by atoms with Crippen LogP contribution in [0.1, 0.15) is 5.56 Å². The fourth-order valence-electron chi connectivity index (χ4n) is 1.29. The van der Waals surface area contributed by atoms with Crippen molar-refractivity contribution < 1.29 is 19.3 Å². The molecule has 0 aliphatic heterocycles. The number of benzene rings is 1. The zero-order chi connectivity index (χ0) is 11.8. The predicted molar refractivity (Wildman–Crippen MR) is 60.5 cm³/mol. The summed E-state index contributed by atoms with van der Waals surface area (Å²) >= 11 is 0. The highest BCUT2D eigenvalue weighted by Gasteiger charge is 2.07. The lowest BCUT2D eigenvalue weighted by Crippen LogP contribution is -2.25. The van der Waals surface area contributed by atoms with Crippen molar-refractivity contribution in [3.63, 3.8) is 0 Å². The van der Waals surface area contributed by atoms with Gasteiger partial charge < -0.3 is 19.3 Å². The van der Waals surface area contributed by atoms with E-state index in [1.54, 1.807) is 20.3 Å². The van der Waals surface area contributed by atoms with Gasteiger partial charge >= 0.3 is 0 Å². The van der Waals surface area contributed by atoms with Crippen LogP contribution < -0.4 is 4.74 Å². The number of aliphatic hydroxyl groups excluding tert-OH is 1. The highest BCUT2D eigenvalue weighted by molar-refractivity contribution is 5.27. The predicted octanol–water partition coefficient (Wildman–Crippen LogP) is 1.22. The van der Waals surface area contributed by atoms with Crippen LogP contribution in [0.2, 0.25) is 0 Å². The van der Waals surface area contributed by atoms with Crippen LogP contribution in [-0.2, 0) is 16.1 Å². The highest BCUT2D eigenvalue weighted by atomic mass is 16.5. The SMILES string of the molecule is COCC(COc1cccc(CO)c1)OC. The highest BCUT2D eigenvalue weighted by Crippen LogP contribution is 2.13. The first-order valence-electron chi connectivity index (χ1n) is 5.14. The number of hydrogen-bond donors (Lipinski definition) is 1. The van der Waals surface area contributed by atoms with Gasteiger partial charge in [0.1, 0.15) is 18.5 Å². The van der Waals surface area contributed by atoms with Gasteiger partial charge in [-0.3, -0.25) is 0 Å². The standard InChI is InChI=1S/C12H18O4/c1-14-8-12(15-2)9-16-11-5-3-4-10(6-11)7-13/h3-6,12-13H,7-9H2,1-2H3. The largest absolute Gasteiger partial charge is 0.491 e. The van der Waals surface area contributed by atoms with Crippen molar-refractivity contribution in [2.75, 3.05) is 27.4 Å². The number of methoxy groups -OCH3 is 2. The van der Waals surface area contributed by atoms with E-state index in [1.807, 2.05) is 18.2 Å². The van der Waals surface area contributed by atoms with Crippen LogP contribution >= 0.6 is 0 Å². The first-order valence-corrected chi connectivity index (χ1v) is 5.14. The first-order chi connectivity index (χ1) is 7.80. The summed E-state index contributed by atoms with van der Waals surface area (Å²) in [6.45, 7) is 0.943. The molecule has 0 saturated carbocycles. The van der Waals surface area contributed by atoms with Crippen molar-refractivity contribution in [1.82, 2.24) is 0 Å². The minimum Gasteiger partial charge on any atom is -0.491 e. The minimum absolute atomic E-state index is 0.0168. The molecule has 0 bridgehead atoms. The Hall–Kier alpha value is -1.10. The second-order valence-electron chi connectivity index (χ2n) is 3.43. The molecule has 0 aromatic heterocycles. The Kier molecular flexibility index (Phi) is 5.85. The van der Waals surface area contributed by atoms with Gasteiger partial charge in [0.2, 0.25) is 0 Å². The molecule has 16 heavy (non-hydrogen) atoms. The summed E-state index contributed by atoms with van der Waals surface area (Å²) in [5, 5.41) is 8.97. The van der Waals surface area contributed by atoms with E-state index in [9.17, 15) is 0 Å². The molecule has 1 rings (SSSR count). The van der Waals surface area contributed by atoms with Crippen molar-refractivity contribution in [2.45, 2.75) is 12.7 Å². The Bertz CT molecular complexity index is 301. The first kappa shape index (κ1) is 13.0. The van der Waals surface area contributed by atoms with Gasteiger partial charge in [0.05, 0.1) is 13.2 Å². The number of rotatable bonds is 7. The molecule has 90 valence electrons. The van der Waals surface area contributed by atoms with Crippen LogP contribution in [0.25, 0.3) is 0 Å². The molecule has 0 aliphatic rings. The van der Waals surface area contributed by atoms with Crippen molar-refractivity contribution in [2.24, 2.45) is 0 Å². The third-order valence-corrected chi connectivity index (χ3v) is 2.20. The summed E-state index contributed by atoms with van der Waals surface area (Å²) in [7, 11) is 3.25. The summed E-state index contributed by atoms with van der Waals surface area (Å²) < 4.78 is 15.7. The van der Waals surface area contributed by atoms with Crippen LogP contribution in [0.4, 0.5) is 0 Å². The molecule has 1 aromatic carbocycles. The summed E-state index contributed by atoms with van der Waals surface area (Å²) in [5.74, 6) is 0.727. The van der Waals surface area contributed by atoms with E-state index in [-0.39, 0.29) is 12.7 Å². The van der Waals surface area contributed by atoms with E-state index < -0.39 is 0 Å². The van der Waals surface area contributed by atoms with Crippen LogP contribution in [-0.4, -0.2) is 38.6 Å². The van der Waals surface area contributed by atoms with E-state index in [0.717, 1.165) is 11.3 Å². The van der Waals surface area contributed by atoms with Crippen LogP contribution in [0.15, 0.2) is 24.3 Å². The van der Waals surface area contributed by atoms with Crippen molar-refractivity contribution in [3.05, 3.63) is 29.8 Å². The zero-order valence-corrected chi connectivity index (χ0v) is 9.68. The Labute approximate surface area is 95.8 Å². The van der Waals surface area contributed by atoms with Gasteiger partial charge in [-0.25, -0.2) is 0 Å². The van der Waals surface area contributed by atoms with Gasteiger partial charge in [-0.05, 0) is 17.7 Å². The molecular weight excluding hydrogens is 208 g/mol. The van der Waals surface area contributed by atoms with Gasteiger partial charge in [0.15, 0.2) is 0 Å². The molecule has 0 heterocycles. The number of ether oxygens (including phenoxy) is 3. The maximum atomic E-state index is 8.97. The topological polar surface area (TPSA) is 47.9 Å². The molecule has 0 amide bonds. The molecule has 1 atom stereocenters. The lowest BCUT2D eigenvalue weighted by Gasteiger charge is -2.15. The summed E-state index contributed by atoms with van der Waals surface area (Å²) in [6.07, 6.45) is -0.0808. The normalized spacial score (nSPS) is 12.4. The van der Waals surface area contributed by atoms with Crippen molar-refractivity contribution >= 4 is 0 Å². The molecule has 1 unspecified atom stereocenters. The van der Waals surface area contributed by atoms with Gasteiger partial charge in [0.25, 0.3) is 0 Å². The lowest BCUT2D eigenvalue weighted by molar-refractivity contribution is 0.000848. The molecule has 1 aromatic rings. The van der Waals surface area contributed by atoms with Gasteiger partial charge in [-0.1, -0.05) is 12.1 Å². The van der Waals surface area contributed by atoms with Crippen molar-refractivity contribution in [1.29, 1.82) is 0 Å². The monoisotopic (exact) mass is 226 g/mol. The molecule has 0 fully saturated rings. The molecule has 0 saturated heterocycles. The van der Waals surface area contributed by atoms with Crippen LogP contribution in [0, 0.1) is 0 Å². The molecule has 4 heteroatoms. The third-order valence-electron chi connectivity index (χ3n) is 2.20. The van der Waals surface area contributed by atoms with Gasteiger partial charge in [-0.2, -0.15) is 0 Å². The minimum atomic E-state index is -0.0808. The summed E-state index contributed by atoms with van der Waals surface area (Å²) in [6, 6.07) is 7.34. The Balaban J connectivity index is 2.46. The lowest BCUT2D eigenvalue weighted by atomic mass is 10.2.